The van der Waals surface area contributed by atoms with Crippen molar-refractivity contribution in [3.8, 4) is 11.3 Å². The minimum Gasteiger partial charge on any atom is -0.464 e. The third-order valence-corrected chi connectivity index (χ3v) is 4.52. The number of amides is 2. The first-order valence-corrected chi connectivity index (χ1v) is 7.69. The molecule has 0 aliphatic carbocycles. The maximum Gasteiger partial charge on any atom is 0.256 e. The fraction of sp³-hybridized carbons (Fsp3) is 0.294. The lowest BCUT2D eigenvalue weighted by molar-refractivity contribution is -0.121. The van der Waals surface area contributed by atoms with Gasteiger partial charge in [-0.25, -0.2) is 0 Å². The van der Waals surface area contributed by atoms with Crippen molar-refractivity contribution in [2.24, 2.45) is 5.73 Å². The van der Waals surface area contributed by atoms with E-state index in [2.05, 4.69) is 5.32 Å². The van der Waals surface area contributed by atoms with Gasteiger partial charge in [0.2, 0.25) is 5.91 Å². The Kier molecular flexibility index (Phi) is 3.20. The van der Waals surface area contributed by atoms with E-state index < -0.39 is 6.04 Å². The lowest BCUT2D eigenvalue weighted by Crippen LogP contribution is -2.53. The molecule has 6 heteroatoms. The van der Waals surface area contributed by atoms with Crippen LogP contribution in [-0.2, 0) is 4.79 Å². The molecule has 118 valence electrons. The van der Waals surface area contributed by atoms with Crippen molar-refractivity contribution < 1.29 is 14.0 Å². The topological polar surface area (TPSA) is 88.6 Å². The van der Waals surface area contributed by atoms with Crippen LogP contribution in [0.15, 0.2) is 41.0 Å². The van der Waals surface area contributed by atoms with E-state index in [9.17, 15) is 9.59 Å². The molecule has 1 fully saturated rings. The molecule has 6 nitrogen and oxygen atoms in total. The summed E-state index contributed by atoms with van der Waals surface area (Å²) in [5.41, 5.74) is 7.80. The molecule has 0 radical (unpaired) electrons. The van der Waals surface area contributed by atoms with Crippen LogP contribution >= 0.6 is 0 Å². The Hall–Kier alpha value is -2.60. The van der Waals surface area contributed by atoms with Crippen LogP contribution in [0.4, 0.5) is 5.69 Å². The van der Waals surface area contributed by atoms with Gasteiger partial charge in [0.1, 0.15) is 11.8 Å². The van der Waals surface area contributed by atoms with Crippen molar-refractivity contribution in [2.45, 2.75) is 24.9 Å². The summed E-state index contributed by atoms with van der Waals surface area (Å²) in [5.74, 6) is 0.384. The highest BCUT2D eigenvalue weighted by molar-refractivity contribution is 6.10. The zero-order valence-electron chi connectivity index (χ0n) is 12.5. The van der Waals surface area contributed by atoms with Crippen LogP contribution in [0.1, 0.15) is 23.2 Å². The number of rotatable bonds is 1. The molecule has 3 heterocycles. The molecule has 3 N–H and O–H groups in total. The number of carbonyl (C=O) groups is 2. The van der Waals surface area contributed by atoms with Gasteiger partial charge in [-0.05, 0) is 43.2 Å². The van der Waals surface area contributed by atoms with Gasteiger partial charge in [0.25, 0.3) is 5.91 Å². The first-order valence-electron chi connectivity index (χ1n) is 7.69. The highest BCUT2D eigenvalue weighted by Crippen LogP contribution is 2.31. The van der Waals surface area contributed by atoms with Gasteiger partial charge in [-0.1, -0.05) is 0 Å². The molecule has 1 aromatic carbocycles. The molecule has 2 aliphatic heterocycles. The predicted octanol–water partition coefficient (Wildman–Crippen LogP) is 1.83. The van der Waals surface area contributed by atoms with Crippen LogP contribution in [0, 0.1) is 0 Å². The van der Waals surface area contributed by atoms with E-state index in [0.717, 1.165) is 5.56 Å². The normalized spacial score (nSPS) is 23.8. The summed E-state index contributed by atoms with van der Waals surface area (Å²) in [6.07, 6.45) is 2.80. The molecule has 2 atom stereocenters. The van der Waals surface area contributed by atoms with Gasteiger partial charge in [-0.3, -0.25) is 9.59 Å². The average Bonchev–Trinajstić information content (AvgIpc) is 3.06. The third-order valence-electron chi connectivity index (χ3n) is 4.52. The van der Waals surface area contributed by atoms with Gasteiger partial charge in [0, 0.05) is 18.2 Å². The SMILES string of the molecule is N[C@H]1CCN2C(=O)c3cc(-c4ccco4)ccc3NC(=O)[C@@H]2C1. The lowest BCUT2D eigenvalue weighted by atomic mass is 9.97. The van der Waals surface area contributed by atoms with Crippen LogP contribution in [0.25, 0.3) is 11.3 Å². The molecule has 0 saturated carbocycles. The Morgan fingerprint density at radius 2 is 2.13 bits per heavy atom. The van der Waals surface area contributed by atoms with E-state index in [4.69, 9.17) is 10.2 Å². The van der Waals surface area contributed by atoms with Gasteiger partial charge in [-0.15, -0.1) is 0 Å². The largest absolute Gasteiger partial charge is 0.464 e. The summed E-state index contributed by atoms with van der Waals surface area (Å²) >= 11 is 0. The van der Waals surface area contributed by atoms with E-state index in [1.54, 1.807) is 29.4 Å². The van der Waals surface area contributed by atoms with Crippen molar-refractivity contribution >= 4 is 17.5 Å². The van der Waals surface area contributed by atoms with Gasteiger partial charge in [-0.2, -0.15) is 0 Å². The molecular formula is C17H17N3O3. The molecule has 4 rings (SSSR count). The number of hydrogen-bond donors (Lipinski definition) is 2. The van der Waals surface area contributed by atoms with Gasteiger partial charge >= 0.3 is 0 Å². The lowest BCUT2D eigenvalue weighted by Gasteiger charge is -2.35. The Balaban J connectivity index is 1.77. The third kappa shape index (κ3) is 2.31. The summed E-state index contributed by atoms with van der Waals surface area (Å²) in [5, 5.41) is 2.86. The minimum atomic E-state index is -0.495. The second-order valence-corrected chi connectivity index (χ2v) is 6.03. The van der Waals surface area contributed by atoms with E-state index in [0.29, 0.717) is 36.4 Å². The standard InChI is InChI=1S/C17H17N3O3/c18-11-5-6-20-14(9-11)16(21)19-13-4-3-10(8-12(13)17(20)22)15-2-1-7-23-15/h1-4,7-8,11,14H,5-6,9,18H2,(H,19,21)/t11-,14-/m0/s1. The Bertz CT molecular complexity index is 769. The Labute approximate surface area is 133 Å². The summed E-state index contributed by atoms with van der Waals surface area (Å²) in [4.78, 5) is 27.0. The number of nitrogens with zero attached hydrogens (tertiary/aromatic N) is 1. The number of benzene rings is 1. The average molecular weight is 311 g/mol. The monoisotopic (exact) mass is 311 g/mol. The number of nitrogens with one attached hydrogen (secondary N) is 1. The summed E-state index contributed by atoms with van der Waals surface area (Å²) in [6, 6.07) is 8.45. The maximum absolute atomic E-state index is 12.9. The van der Waals surface area contributed by atoms with Gasteiger partial charge < -0.3 is 20.4 Å². The van der Waals surface area contributed by atoms with E-state index >= 15 is 0 Å². The molecule has 23 heavy (non-hydrogen) atoms. The fourth-order valence-electron chi connectivity index (χ4n) is 3.28. The summed E-state index contributed by atoms with van der Waals surface area (Å²) in [6.45, 7) is 0.502. The Morgan fingerprint density at radius 3 is 2.91 bits per heavy atom. The van der Waals surface area contributed by atoms with Crippen molar-refractivity contribution in [3.05, 3.63) is 42.2 Å². The molecule has 2 amide bonds. The first-order chi connectivity index (χ1) is 11.1. The van der Waals surface area contributed by atoms with Gasteiger partial charge in [0.15, 0.2) is 0 Å². The molecule has 2 aliphatic rings. The van der Waals surface area contributed by atoms with Crippen LogP contribution in [0.2, 0.25) is 0 Å². The molecule has 1 saturated heterocycles. The zero-order valence-corrected chi connectivity index (χ0v) is 12.5. The molecular weight excluding hydrogens is 294 g/mol. The van der Waals surface area contributed by atoms with Crippen molar-refractivity contribution in [3.63, 3.8) is 0 Å². The molecule has 2 aromatic rings. The smallest absolute Gasteiger partial charge is 0.256 e. The second kappa shape index (κ2) is 5.24. The van der Waals surface area contributed by atoms with Crippen LogP contribution in [0.5, 0.6) is 0 Å². The maximum atomic E-state index is 12.9. The van der Waals surface area contributed by atoms with E-state index in [1.165, 1.54) is 0 Å². The zero-order chi connectivity index (χ0) is 16.0. The number of anilines is 1. The quantitative estimate of drug-likeness (QED) is 0.841. The van der Waals surface area contributed by atoms with Crippen molar-refractivity contribution in [1.82, 2.24) is 4.90 Å². The van der Waals surface area contributed by atoms with Crippen LogP contribution in [-0.4, -0.2) is 35.3 Å². The van der Waals surface area contributed by atoms with Crippen LogP contribution in [0.3, 0.4) is 0 Å². The number of nitrogens with two attached hydrogens (primary N) is 1. The van der Waals surface area contributed by atoms with E-state index in [-0.39, 0.29) is 17.9 Å². The van der Waals surface area contributed by atoms with Crippen molar-refractivity contribution in [2.75, 3.05) is 11.9 Å². The number of piperidine rings is 1. The molecule has 1 aromatic heterocycles. The van der Waals surface area contributed by atoms with Crippen molar-refractivity contribution in [1.29, 1.82) is 0 Å². The molecule has 0 unspecified atom stereocenters. The Morgan fingerprint density at radius 1 is 1.26 bits per heavy atom. The highest BCUT2D eigenvalue weighted by Gasteiger charge is 2.39. The number of furan rings is 1. The van der Waals surface area contributed by atoms with Crippen LogP contribution < -0.4 is 11.1 Å². The number of hydrogen-bond acceptors (Lipinski definition) is 4. The van der Waals surface area contributed by atoms with Gasteiger partial charge in [0.05, 0.1) is 17.5 Å². The predicted molar refractivity (Wildman–Crippen MR) is 84.8 cm³/mol. The molecule has 0 spiro atoms. The first kappa shape index (κ1) is 14.0. The summed E-state index contributed by atoms with van der Waals surface area (Å²) < 4.78 is 5.39. The summed E-state index contributed by atoms with van der Waals surface area (Å²) in [7, 11) is 0. The number of fused-ring (bicyclic) bond motifs is 2. The highest BCUT2D eigenvalue weighted by atomic mass is 16.3. The fourth-order valence-corrected chi connectivity index (χ4v) is 3.28. The minimum absolute atomic E-state index is 0.0466. The number of carbonyl (C=O) groups excluding carboxylic acids is 2. The van der Waals surface area contributed by atoms with E-state index in [1.807, 2.05) is 12.1 Å². The molecule has 0 bridgehead atoms. The second-order valence-electron chi connectivity index (χ2n) is 6.03.